The SMILES string of the molecule is Cl.Cn1ccc2ccc(N(C(=O)c3cc(-c4ccccc4C(=O)N4Cc5cccc(C(F)(F)F)c5C[C@H]4CN4CCOCC4)n4c3CCCC4)c3ccc(O)cc3)cc21. The van der Waals surface area contributed by atoms with Crippen LogP contribution in [0.5, 0.6) is 5.75 Å². The molecule has 3 aliphatic rings. The van der Waals surface area contributed by atoms with Gasteiger partial charge in [-0.1, -0.05) is 36.4 Å². The first kappa shape index (κ1) is 40.2. The minimum Gasteiger partial charge on any atom is -0.508 e. The number of fused-ring (bicyclic) bond motifs is 3. The van der Waals surface area contributed by atoms with Crippen LogP contribution in [-0.2, 0) is 43.9 Å². The van der Waals surface area contributed by atoms with Gasteiger partial charge >= 0.3 is 6.18 Å². The molecule has 0 aliphatic carbocycles. The van der Waals surface area contributed by atoms with Crippen molar-refractivity contribution in [2.75, 3.05) is 37.7 Å². The highest BCUT2D eigenvalue weighted by Gasteiger charge is 2.40. The molecule has 306 valence electrons. The van der Waals surface area contributed by atoms with Gasteiger partial charge in [0.2, 0.25) is 0 Å². The number of nitrogens with zero attached hydrogens (tertiary/aromatic N) is 5. The number of hydrogen-bond acceptors (Lipinski definition) is 5. The molecule has 4 aromatic carbocycles. The summed E-state index contributed by atoms with van der Waals surface area (Å²) < 4.78 is 52.6. The lowest BCUT2D eigenvalue weighted by molar-refractivity contribution is -0.138. The largest absolute Gasteiger partial charge is 0.508 e. The first-order chi connectivity index (χ1) is 28.0. The number of rotatable bonds is 7. The van der Waals surface area contributed by atoms with E-state index in [0.29, 0.717) is 79.4 Å². The molecule has 0 radical (unpaired) electrons. The number of amides is 2. The van der Waals surface area contributed by atoms with Crippen molar-refractivity contribution in [1.82, 2.24) is 18.9 Å². The van der Waals surface area contributed by atoms with Crippen LogP contribution in [0.3, 0.4) is 0 Å². The molecule has 2 aromatic heterocycles. The van der Waals surface area contributed by atoms with Gasteiger partial charge in [0.25, 0.3) is 11.8 Å². The summed E-state index contributed by atoms with van der Waals surface area (Å²) in [5.74, 6) is -0.416. The molecule has 1 N–H and O–H groups in total. The van der Waals surface area contributed by atoms with Crippen molar-refractivity contribution in [2.45, 2.75) is 51.0 Å². The van der Waals surface area contributed by atoms with Crippen LogP contribution in [0.1, 0.15) is 55.9 Å². The summed E-state index contributed by atoms with van der Waals surface area (Å²) in [6.45, 7) is 3.45. The van der Waals surface area contributed by atoms with Gasteiger partial charge in [0.05, 0.1) is 30.0 Å². The number of aromatic nitrogens is 2. The molecule has 1 atom stereocenters. The minimum absolute atomic E-state index is 0. The molecule has 0 saturated carbocycles. The maximum Gasteiger partial charge on any atom is 0.416 e. The number of benzene rings is 4. The van der Waals surface area contributed by atoms with Gasteiger partial charge in [-0.15, -0.1) is 12.4 Å². The average molecular weight is 824 g/mol. The van der Waals surface area contributed by atoms with Gasteiger partial charge in [-0.25, -0.2) is 0 Å². The number of aryl methyl sites for hydroxylation is 1. The summed E-state index contributed by atoms with van der Waals surface area (Å²) in [7, 11) is 1.96. The maximum atomic E-state index is 15.1. The molecule has 0 bridgehead atoms. The zero-order valence-electron chi connectivity index (χ0n) is 32.6. The van der Waals surface area contributed by atoms with Gasteiger partial charge in [0.1, 0.15) is 5.75 Å². The molecule has 1 saturated heterocycles. The Bertz CT molecular complexity index is 2520. The lowest BCUT2D eigenvalue weighted by Crippen LogP contribution is -2.52. The number of phenolic OH excluding ortho intramolecular Hbond substituents is 1. The van der Waals surface area contributed by atoms with E-state index >= 15 is 9.59 Å². The van der Waals surface area contributed by atoms with Crippen LogP contribution >= 0.6 is 12.4 Å². The number of alkyl halides is 3. The van der Waals surface area contributed by atoms with E-state index in [1.54, 1.807) is 46.2 Å². The molecule has 0 spiro atoms. The fourth-order valence-electron chi connectivity index (χ4n) is 9.06. The lowest BCUT2D eigenvalue weighted by Gasteiger charge is -2.41. The number of aromatic hydroxyl groups is 1. The molecule has 1 fully saturated rings. The zero-order valence-corrected chi connectivity index (χ0v) is 33.4. The second-order valence-corrected chi connectivity index (χ2v) is 15.5. The number of ether oxygens (including phenoxy) is 1. The van der Waals surface area contributed by atoms with E-state index in [9.17, 15) is 18.3 Å². The van der Waals surface area contributed by atoms with E-state index in [1.165, 1.54) is 6.07 Å². The fraction of sp³-hybridized carbons (Fsp3) is 0.304. The van der Waals surface area contributed by atoms with Crippen molar-refractivity contribution >= 4 is 46.5 Å². The van der Waals surface area contributed by atoms with Crippen molar-refractivity contribution in [3.8, 4) is 17.0 Å². The molecule has 9 nitrogen and oxygen atoms in total. The number of morpholine rings is 1. The van der Waals surface area contributed by atoms with Gasteiger partial charge in [-0.05, 0) is 103 Å². The predicted molar refractivity (Wildman–Crippen MR) is 224 cm³/mol. The highest BCUT2D eigenvalue weighted by molar-refractivity contribution is 6.13. The number of halogens is 4. The topological polar surface area (TPSA) is 83.2 Å². The highest BCUT2D eigenvalue weighted by atomic mass is 35.5. The van der Waals surface area contributed by atoms with Crippen molar-refractivity contribution < 1.29 is 32.6 Å². The second-order valence-electron chi connectivity index (χ2n) is 15.5. The lowest BCUT2D eigenvalue weighted by atomic mass is 9.88. The second kappa shape index (κ2) is 16.2. The highest BCUT2D eigenvalue weighted by Crippen LogP contribution is 2.40. The van der Waals surface area contributed by atoms with Crippen LogP contribution in [0.4, 0.5) is 24.5 Å². The van der Waals surface area contributed by atoms with Crippen LogP contribution in [0, 0.1) is 0 Å². The summed E-state index contributed by atoms with van der Waals surface area (Å²) in [5, 5.41) is 11.2. The van der Waals surface area contributed by atoms with E-state index in [4.69, 9.17) is 4.74 Å². The summed E-state index contributed by atoms with van der Waals surface area (Å²) in [6.07, 6.45) is 0.0125. The Balaban J connectivity index is 0.00000484. The van der Waals surface area contributed by atoms with Gasteiger partial charge in [-0.2, -0.15) is 13.2 Å². The van der Waals surface area contributed by atoms with E-state index < -0.39 is 17.8 Å². The van der Waals surface area contributed by atoms with E-state index in [2.05, 4.69) is 9.47 Å². The fourth-order valence-corrected chi connectivity index (χ4v) is 9.06. The predicted octanol–water partition coefficient (Wildman–Crippen LogP) is 9.01. The van der Waals surface area contributed by atoms with Crippen LogP contribution in [0.15, 0.2) is 103 Å². The molecule has 59 heavy (non-hydrogen) atoms. The summed E-state index contributed by atoms with van der Waals surface area (Å²) in [6, 6.07) is 27.5. The van der Waals surface area contributed by atoms with Gasteiger partial charge in [0, 0.05) is 85.7 Å². The number of anilines is 2. The molecule has 6 aromatic rings. The molecule has 13 heteroatoms. The minimum atomic E-state index is -4.51. The number of hydrogen-bond donors (Lipinski definition) is 1. The Labute approximate surface area is 346 Å². The van der Waals surface area contributed by atoms with Gasteiger partial charge in [-0.3, -0.25) is 19.4 Å². The van der Waals surface area contributed by atoms with Crippen LogP contribution < -0.4 is 4.90 Å². The Morgan fingerprint density at radius 2 is 1.63 bits per heavy atom. The third-order valence-electron chi connectivity index (χ3n) is 12.0. The van der Waals surface area contributed by atoms with Crippen LogP contribution in [-0.4, -0.2) is 74.7 Å². The molecule has 0 unspecified atom stereocenters. The summed E-state index contributed by atoms with van der Waals surface area (Å²) in [4.78, 5) is 35.7. The maximum absolute atomic E-state index is 15.1. The smallest absolute Gasteiger partial charge is 0.416 e. The van der Waals surface area contributed by atoms with E-state index in [0.717, 1.165) is 41.2 Å². The Morgan fingerprint density at radius 1 is 0.864 bits per heavy atom. The normalized spacial score (nSPS) is 16.9. The van der Waals surface area contributed by atoms with Gasteiger partial charge < -0.3 is 23.9 Å². The molecular weight excluding hydrogens is 779 g/mol. The number of carbonyl (C=O) groups is 2. The standard InChI is InChI=1S/C46H44F3N5O4.ClH/c1-50-20-18-30-12-13-33(26-42(30)50)54(32-14-16-35(55)17-15-32)45(57)39-27-43(52-19-5-4-11-41(39)52)36-8-2-3-9-37(36)44(56)53-28-31-7-6-10-40(46(47,48)49)38(31)25-34(53)29-51-21-23-58-24-22-51;/h2-3,6-10,12-18,20,26-27,34,55H,4-5,11,19,21-25,28-29H2,1H3;1H/t34-;/m0./s1. The molecule has 5 heterocycles. The number of carbonyl (C=O) groups excluding carboxylic acids is 2. The number of phenols is 1. The monoisotopic (exact) mass is 823 g/mol. The molecular formula is C46H45ClF3N5O4. The van der Waals surface area contributed by atoms with Crippen LogP contribution in [0.25, 0.3) is 22.2 Å². The third kappa shape index (κ3) is 7.61. The van der Waals surface area contributed by atoms with E-state index in [-0.39, 0.29) is 48.5 Å². The molecule has 9 rings (SSSR count). The van der Waals surface area contributed by atoms with E-state index in [1.807, 2.05) is 66.3 Å². The third-order valence-corrected chi connectivity index (χ3v) is 12.0. The van der Waals surface area contributed by atoms with Crippen LogP contribution in [0.2, 0.25) is 0 Å². The molecule has 2 amide bonds. The first-order valence-corrected chi connectivity index (χ1v) is 19.8. The quantitative estimate of drug-likeness (QED) is 0.174. The Hall–Kier alpha value is -5.56. The van der Waals surface area contributed by atoms with Crippen molar-refractivity contribution in [3.05, 3.63) is 137 Å². The Kier molecular flexibility index (Phi) is 11.1. The first-order valence-electron chi connectivity index (χ1n) is 19.8. The average Bonchev–Trinajstić information content (AvgIpc) is 3.81. The van der Waals surface area contributed by atoms with Crippen molar-refractivity contribution in [1.29, 1.82) is 0 Å². The van der Waals surface area contributed by atoms with Crippen molar-refractivity contribution in [2.24, 2.45) is 7.05 Å². The van der Waals surface area contributed by atoms with Crippen molar-refractivity contribution in [3.63, 3.8) is 0 Å². The van der Waals surface area contributed by atoms with Gasteiger partial charge in [0.15, 0.2) is 0 Å². The Morgan fingerprint density at radius 3 is 2.41 bits per heavy atom. The summed E-state index contributed by atoms with van der Waals surface area (Å²) >= 11 is 0. The zero-order chi connectivity index (χ0) is 40.1. The molecule has 3 aliphatic heterocycles. The summed E-state index contributed by atoms with van der Waals surface area (Å²) in [5.41, 5.74) is 5.56.